The molecule has 1 saturated heterocycles. The molecule has 1 saturated carbocycles. The molecule has 2 fully saturated rings. The number of furan rings is 1. The average molecular weight is 507 g/mol. The number of fused-ring (bicyclic) bond motifs is 1. The summed E-state index contributed by atoms with van der Waals surface area (Å²) >= 11 is 1.20. The van der Waals surface area contributed by atoms with Crippen LogP contribution in [0.15, 0.2) is 39.2 Å². The zero-order valence-corrected chi connectivity index (χ0v) is 19.2. The van der Waals surface area contributed by atoms with E-state index in [-0.39, 0.29) is 47.9 Å². The minimum atomic E-state index is -1.53. The van der Waals surface area contributed by atoms with Crippen molar-refractivity contribution in [2.75, 3.05) is 12.4 Å². The fourth-order valence-corrected chi connectivity index (χ4v) is 5.11. The van der Waals surface area contributed by atoms with Crippen LogP contribution in [0.25, 0.3) is 0 Å². The number of ether oxygens (including phenoxy) is 1. The highest BCUT2D eigenvalue weighted by Gasteiger charge is 2.55. The van der Waals surface area contributed by atoms with Crippen LogP contribution < -0.4 is 5.32 Å². The van der Waals surface area contributed by atoms with Gasteiger partial charge in [0.2, 0.25) is 11.3 Å². The van der Waals surface area contributed by atoms with Gasteiger partial charge in [-0.05, 0) is 18.6 Å². The van der Waals surface area contributed by atoms with Crippen LogP contribution in [0.4, 0.5) is 0 Å². The minimum Gasteiger partial charge on any atom is -0.478 e. The highest BCUT2D eigenvalue weighted by molar-refractivity contribution is 8.00. The number of carbonyl (C=O) groups excluding carboxylic acids is 3. The summed E-state index contributed by atoms with van der Waals surface area (Å²) in [6.45, 7) is 0.917. The second-order valence-electron chi connectivity index (χ2n) is 8.06. The summed E-state index contributed by atoms with van der Waals surface area (Å²) in [6.07, 6.45) is 2.38. The first-order valence-corrected chi connectivity index (χ1v) is 11.6. The fraction of sp³-hybridized carbons (Fsp3) is 0.429. The number of hydrogen-bond acceptors (Lipinski definition) is 10. The van der Waals surface area contributed by atoms with Crippen LogP contribution in [-0.2, 0) is 33.5 Å². The van der Waals surface area contributed by atoms with E-state index in [1.165, 1.54) is 37.1 Å². The number of amides is 2. The Morgan fingerprint density at radius 3 is 2.60 bits per heavy atom. The molecule has 2 aliphatic heterocycles. The summed E-state index contributed by atoms with van der Waals surface area (Å²) in [4.78, 5) is 66.6. The number of nitrogens with one attached hydrogen (secondary N) is 1. The van der Waals surface area contributed by atoms with Crippen molar-refractivity contribution in [1.29, 1.82) is 0 Å². The molecule has 4 rings (SSSR count). The monoisotopic (exact) mass is 507 g/mol. The van der Waals surface area contributed by atoms with Crippen molar-refractivity contribution in [3.05, 3.63) is 35.4 Å². The number of β-lactam (4-membered cyclic amide) rings is 1. The standard InChI is InChI=1S/C21H21N3O10S/c1-10(25)33-8-11-9-35-18-14(17(27)24(18)15(11)19(28)29)22-16(26)13(12-4-2-7-32-12)23-34-21(20(30)31)5-3-6-21/h2,4,7,14,18H,3,5-6,8-9H2,1H3,(H,22,26)(H,28,29)(H,30,31)/t14-,18-/m1/s1. The van der Waals surface area contributed by atoms with Crippen LogP contribution in [0.3, 0.4) is 0 Å². The summed E-state index contributed by atoms with van der Waals surface area (Å²) < 4.78 is 10.1. The summed E-state index contributed by atoms with van der Waals surface area (Å²) in [7, 11) is 0. The Morgan fingerprint density at radius 1 is 1.31 bits per heavy atom. The molecule has 2 amide bonds. The maximum Gasteiger partial charge on any atom is 0.352 e. The molecule has 0 aromatic carbocycles. The molecule has 0 spiro atoms. The first-order valence-electron chi connectivity index (χ1n) is 10.5. The lowest BCUT2D eigenvalue weighted by Gasteiger charge is -2.49. The quantitative estimate of drug-likeness (QED) is 0.181. The maximum absolute atomic E-state index is 13.0. The van der Waals surface area contributed by atoms with Crippen molar-refractivity contribution in [2.24, 2.45) is 5.16 Å². The van der Waals surface area contributed by atoms with Crippen LogP contribution in [0.2, 0.25) is 0 Å². The van der Waals surface area contributed by atoms with E-state index in [2.05, 4.69) is 10.5 Å². The number of rotatable bonds is 9. The third kappa shape index (κ3) is 4.48. The molecule has 0 radical (unpaired) electrons. The summed E-state index contributed by atoms with van der Waals surface area (Å²) in [6, 6.07) is 1.85. The predicted molar refractivity (Wildman–Crippen MR) is 117 cm³/mol. The molecule has 13 nitrogen and oxygen atoms in total. The zero-order chi connectivity index (χ0) is 25.3. The first kappa shape index (κ1) is 24.3. The molecule has 3 N–H and O–H groups in total. The minimum absolute atomic E-state index is 0.00271. The van der Waals surface area contributed by atoms with Crippen LogP contribution in [0, 0.1) is 0 Å². The van der Waals surface area contributed by atoms with E-state index in [4.69, 9.17) is 14.0 Å². The number of esters is 1. The van der Waals surface area contributed by atoms with E-state index >= 15 is 0 Å². The lowest BCUT2D eigenvalue weighted by Crippen LogP contribution is -2.71. The number of oxime groups is 1. The third-order valence-corrected chi connectivity index (χ3v) is 7.16. The molecule has 3 heterocycles. The number of carboxylic acid groups (broad SMARTS) is 2. The lowest BCUT2D eigenvalue weighted by atomic mass is 9.80. The summed E-state index contributed by atoms with van der Waals surface area (Å²) in [5.74, 6) is -4.52. The Morgan fingerprint density at radius 2 is 2.06 bits per heavy atom. The Kier molecular flexibility index (Phi) is 6.56. The van der Waals surface area contributed by atoms with Gasteiger partial charge in [-0.3, -0.25) is 19.3 Å². The van der Waals surface area contributed by atoms with Gasteiger partial charge in [0.25, 0.3) is 11.8 Å². The molecular formula is C21H21N3O10S. The normalized spacial score (nSPS) is 22.9. The van der Waals surface area contributed by atoms with Gasteiger partial charge in [-0.1, -0.05) is 5.16 Å². The number of carboxylic acids is 2. The largest absolute Gasteiger partial charge is 0.478 e. The second-order valence-corrected chi connectivity index (χ2v) is 9.16. The van der Waals surface area contributed by atoms with Gasteiger partial charge in [0.05, 0.1) is 6.26 Å². The molecular weight excluding hydrogens is 486 g/mol. The predicted octanol–water partition coefficient (Wildman–Crippen LogP) is 0.309. The summed E-state index contributed by atoms with van der Waals surface area (Å²) in [5.41, 5.74) is -1.92. The first-order chi connectivity index (χ1) is 16.6. The van der Waals surface area contributed by atoms with Gasteiger partial charge in [-0.15, -0.1) is 11.8 Å². The lowest BCUT2D eigenvalue weighted by molar-refractivity contribution is -0.178. The van der Waals surface area contributed by atoms with Crippen molar-refractivity contribution in [3.63, 3.8) is 0 Å². The topological polar surface area (TPSA) is 185 Å². The molecule has 3 aliphatic rings. The number of aliphatic carboxylic acids is 2. The molecule has 186 valence electrons. The molecule has 1 aromatic rings. The highest BCUT2D eigenvalue weighted by Crippen LogP contribution is 2.40. The number of thioether (sulfide) groups is 1. The van der Waals surface area contributed by atoms with E-state index in [1.54, 1.807) is 0 Å². The number of hydrogen-bond donors (Lipinski definition) is 3. The maximum atomic E-state index is 13.0. The number of carbonyl (C=O) groups is 5. The molecule has 1 aliphatic carbocycles. The molecule has 1 aromatic heterocycles. The Balaban J connectivity index is 1.52. The van der Waals surface area contributed by atoms with Crippen molar-refractivity contribution < 1.29 is 48.2 Å². The van der Waals surface area contributed by atoms with Gasteiger partial charge in [-0.2, -0.15) is 0 Å². The Labute approximate surface area is 202 Å². The van der Waals surface area contributed by atoms with Gasteiger partial charge >= 0.3 is 17.9 Å². The van der Waals surface area contributed by atoms with E-state index in [9.17, 15) is 34.2 Å². The Bertz CT molecular complexity index is 1140. The summed E-state index contributed by atoms with van der Waals surface area (Å²) in [5, 5.41) is 24.6. The average Bonchev–Trinajstić information content (AvgIpc) is 3.30. The second kappa shape index (κ2) is 9.44. The van der Waals surface area contributed by atoms with Crippen LogP contribution in [0.1, 0.15) is 31.9 Å². The van der Waals surface area contributed by atoms with Crippen molar-refractivity contribution in [1.82, 2.24) is 10.2 Å². The van der Waals surface area contributed by atoms with E-state index < -0.39 is 46.7 Å². The third-order valence-electron chi connectivity index (χ3n) is 5.82. The van der Waals surface area contributed by atoms with E-state index in [0.717, 1.165) is 4.90 Å². The molecule has 35 heavy (non-hydrogen) atoms. The molecule has 2 atom stereocenters. The van der Waals surface area contributed by atoms with Crippen molar-refractivity contribution in [2.45, 2.75) is 43.2 Å². The van der Waals surface area contributed by atoms with Gasteiger partial charge < -0.3 is 29.5 Å². The van der Waals surface area contributed by atoms with Gasteiger partial charge in [-0.25, -0.2) is 9.59 Å². The highest BCUT2D eigenvalue weighted by atomic mass is 32.2. The van der Waals surface area contributed by atoms with Crippen molar-refractivity contribution in [3.8, 4) is 0 Å². The molecule has 14 heteroatoms. The van der Waals surface area contributed by atoms with Crippen LogP contribution in [0.5, 0.6) is 0 Å². The van der Waals surface area contributed by atoms with E-state index in [0.29, 0.717) is 6.42 Å². The zero-order valence-electron chi connectivity index (χ0n) is 18.4. The fourth-order valence-electron chi connectivity index (χ4n) is 3.78. The molecule has 0 unspecified atom stereocenters. The van der Waals surface area contributed by atoms with Gasteiger partial charge in [0, 0.05) is 31.1 Å². The van der Waals surface area contributed by atoms with Crippen LogP contribution >= 0.6 is 11.8 Å². The van der Waals surface area contributed by atoms with Gasteiger partial charge in [0.15, 0.2) is 5.76 Å². The van der Waals surface area contributed by atoms with Gasteiger partial charge in [0.1, 0.15) is 23.7 Å². The van der Waals surface area contributed by atoms with E-state index in [1.807, 2.05) is 0 Å². The SMILES string of the molecule is CC(=O)OCC1=C(C(=O)O)N2C(=O)[C@@H](NC(=O)C(=NOC3(C(=O)O)CCC3)c3ccco3)[C@H]2SC1. The Hall–Kier alpha value is -3.81. The number of nitrogens with zero attached hydrogens (tertiary/aromatic N) is 2. The smallest absolute Gasteiger partial charge is 0.352 e. The van der Waals surface area contributed by atoms with Crippen molar-refractivity contribution >= 4 is 47.2 Å². The molecule has 0 bridgehead atoms. The van der Waals surface area contributed by atoms with Crippen LogP contribution in [-0.4, -0.2) is 79.9 Å².